The second-order valence-electron chi connectivity index (χ2n) is 4.99. The molecule has 1 atom stereocenters. The average Bonchev–Trinajstić information content (AvgIpc) is 2.97. The molecular weight excluding hydrogens is 296 g/mol. The summed E-state index contributed by atoms with van der Waals surface area (Å²) in [5.41, 5.74) is 6.91. The van der Waals surface area contributed by atoms with Crippen LogP contribution in [0.5, 0.6) is 0 Å². The lowest BCUT2D eigenvalue weighted by Crippen LogP contribution is -2.36. The lowest BCUT2D eigenvalue weighted by Gasteiger charge is -2.15. The molecule has 114 valence electrons. The zero-order valence-corrected chi connectivity index (χ0v) is 12.2. The van der Waals surface area contributed by atoms with Crippen molar-refractivity contribution in [1.29, 1.82) is 0 Å². The Kier molecular flexibility index (Phi) is 3.19. The monoisotopic (exact) mass is 312 g/mol. The van der Waals surface area contributed by atoms with Crippen molar-refractivity contribution < 1.29 is 8.42 Å². The first-order chi connectivity index (χ1) is 9.84. The Balaban J connectivity index is 1.86. The van der Waals surface area contributed by atoms with Crippen molar-refractivity contribution in [1.82, 2.24) is 23.8 Å². The summed E-state index contributed by atoms with van der Waals surface area (Å²) in [7, 11) is -1.85. The predicted octanol–water partition coefficient (Wildman–Crippen LogP) is -1.36. The molecule has 1 aliphatic heterocycles. The van der Waals surface area contributed by atoms with Gasteiger partial charge in [-0.3, -0.25) is 0 Å². The molecule has 10 nitrogen and oxygen atoms in total. The highest BCUT2D eigenvalue weighted by Gasteiger charge is 2.29. The molecule has 1 unspecified atom stereocenters. The molecule has 21 heavy (non-hydrogen) atoms. The number of nitrogens with two attached hydrogens (primary N) is 2. The summed E-state index contributed by atoms with van der Waals surface area (Å²) >= 11 is 0. The molecule has 2 aromatic heterocycles. The Labute approximate surface area is 121 Å². The normalized spacial score (nSPS) is 20.2. The molecule has 11 heteroatoms. The highest BCUT2D eigenvalue weighted by Crippen LogP contribution is 2.22. The smallest absolute Gasteiger partial charge is 0.276 e. The third kappa shape index (κ3) is 2.62. The number of anilines is 2. The van der Waals surface area contributed by atoms with Crippen LogP contribution >= 0.6 is 0 Å². The maximum Gasteiger partial charge on any atom is 0.276 e. The van der Waals surface area contributed by atoms with E-state index in [1.807, 2.05) is 7.05 Å². The first kappa shape index (κ1) is 14.0. The summed E-state index contributed by atoms with van der Waals surface area (Å²) < 4.78 is 25.6. The molecule has 0 aromatic carbocycles. The fourth-order valence-electron chi connectivity index (χ4n) is 2.39. The lowest BCUT2D eigenvalue weighted by molar-refractivity contribution is 0.476. The zero-order valence-electron chi connectivity index (χ0n) is 11.4. The van der Waals surface area contributed by atoms with Crippen LogP contribution < -0.4 is 16.2 Å². The SMILES string of the molecule is Cn1cnc2c(NC3CCN(S(N)(=O)=O)C3)nc(N)nc21. The van der Waals surface area contributed by atoms with Crippen LogP contribution in [0.15, 0.2) is 6.33 Å². The maximum absolute atomic E-state index is 11.3. The Morgan fingerprint density at radius 2 is 2.19 bits per heavy atom. The third-order valence-corrected chi connectivity index (χ3v) is 4.48. The van der Waals surface area contributed by atoms with E-state index in [2.05, 4.69) is 20.3 Å². The van der Waals surface area contributed by atoms with Crippen LogP contribution in [0.3, 0.4) is 0 Å². The highest BCUT2D eigenvalue weighted by molar-refractivity contribution is 7.86. The minimum atomic E-state index is -3.66. The number of imidazole rings is 1. The summed E-state index contributed by atoms with van der Waals surface area (Å²) in [4.78, 5) is 12.5. The summed E-state index contributed by atoms with van der Waals surface area (Å²) in [5.74, 6) is 0.634. The first-order valence-electron chi connectivity index (χ1n) is 6.33. The molecule has 1 aliphatic rings. The fraction of sp³-hybridized carbons (Fsp3) is 0.500. The van der Waals surface area contributed by atoms with Crippen LogP contribution in [0.25, 0.3) is 11.2 Å². The van der Waals surface area contributed by atoms with Crippen LogP contribution in [0, 0.1) is 0 Å². The van der Waals surface area contributed by atoms with Gasteiger partial charge in [0, 0.05) is 26.2 Å². The van der Waals surface area contributed by atoms with Gasteiger partial charge in [-0.25, -0.2) is 10.1 Å². The van der Waals surface area contributed by atoms with Gasteiger partial charge in [-0.05, 0) is 6.42 Å². The maximum atomic E-state index is 11.3. The van der Waals surface area contributed by atoms with E-state index in [0.29, 0.717) is 29.9 Å². The standard InChI is InChI=1S/C10H16N8O2S/c1-17-5-13-7-8(15-10(11)16-9(7)17)14-6-2-3-18(4-6)21(12,19)20/h5-6H,2-4H2,1H3,(H2,12,19,20)(H3,11,14,15,16). The van der Waals surface area contributed by atoms with E-state index in [-0.39, 0.29) is 18.5 Å². The number of nitrogens with one attached hydrogen (secondary N) is 1. The van der Waals surface area contributed by atoms with Crippen LogP contribution in [0.2, 0.25) is 0 Å². The Morgan fingerprint density at radius 1 is 1.43 bits per heavy atom. The number of rotatable bonds is 3. The lowest BCUT2D eigenvalue weighted by atomic mass is 10.2. The van der Waals surface area contributed by atoms with E-state index in [1.165, 1.54) is 4.31 Å². The third-order valence-electron chi connectivity index (χ3n) is 3.43. The van der Waals surface area contributed by atoms with Gasteiger partial charge >= 0.3 is 0 Å². The van der Waals surface area contributed by atoms with Gasteiger partial charge in [0.05, 0.1) is 6.33 Å². The second kappa shape index (κ2) is 4.79. The first-order valence-corrected chi connectivity index (χ1v) is 7.84. The van der Waals surface area contributed by atoms with Crippen molar-refractivity contribution in [2.45, 2.75) is 12.5 Å². The number of hydrogen-bond acceptors (Lipinski definition) is 7. The minimum absolute atomic E-state index is 0.0946. The van der Waals surface area contributed by atoms with E-state index in [1.54, 1.807) is 10.9 Å². The van der Waals surface area contributed by atoms with Gasteiger partial charge in [-0.2, -0.15) is 22.7 Å². The van der Waals surface area contributed by atoms with Crippen LogP contribution in [-0.2, 0) is 17.3 Å². The molecule has 2 aromatic rings. The average molecular weight is 312 g/mol. The van der Waals surface area contributed by atoms with E-state index in [0.717, 1.165) is 0 Å². The highest BCUT2D eigenvalue weighted by atomic mass is 32.2. The van der Waals surface area contributed by atoms with Gasteiger partial charge in [0.2, 0.25) is 5.95 Å². The summed E-state index contributed by atoms with van der Waals surface area (Å²) in [5, 5.41) is 8.29. The van der Waals surface area contributed by atoms with E-state index in [9.17, 15) is 8.42 Å². The van der Waals surface area contributed by atoms with Gasteiger partial charge in [0.25, 0.3) is 10.2 Å². The van der Waals surface area contributed by atoms with Gasteiger partial charge in [0.1, 0.15) is 0 Å². The molecule has 1 saturated heterocycles. The molecule has 0 spiro atoms. The summed E-state index contributed by atoms with van der Waals surface area (Å²) in [6, 6.07) is -0.0946. The van der Waals surface area contributed by atoms with Crippen molar-refractivity contribution >= 4 is 33.1 Å². The molecule has 0 bridgehead atoms. The predicted molar refractivity (Wildman–Crippen MR) is 77.4 cm³/mol. The van der Waals surface area contributed by atoms with Gasteiger partial charge < -0.3 is 15.6 Å². The summed E-state index contributed by atoms with van der Waals surface area (Å²) in [6.45, 7) is 0.666. The topological polar surface area (TPSA) is 145 Å². The van der Waals surface area contributed by atoms with Crippen LogP contribution in [0.4, 0.5) is 11.8 Å². The fourth-order valence-corrected chi connectivity index (χ4v) is 3.14. The summed E-state index contributed by atoms with van der Waals surface area (Å²) in [6.07, 6.45) is 2.25. The molecule has 3 rings (SSSR count). The molecule has 1 fully saturated rings. The largest absolute Gasteiger partial charge is 0.368 e. The molecule has 5 N–H and O–H groups in total. The van der Waals surface area contributed by atoms with Crippen LogP contribution in [-0.4, -0.2) is 51.4 Å². The number of aromatic nitrogens is 4. The minimum Gasteiger partial charge on any atom is -0.368 e. The number of aryl methyl sites for hydroxylation is 1. The molecule has 0 amide bonds. The van der Waals surface area contributed by atoms with E-state index < -0.39 is 10.2 Å². The van der Waals surface area contributed by atoms with Crippen molar-refractivity contribution in [3.05, 3.63) is 6.33 Å². The number of nitrogen functional groups attached to an aromatic ring is 1. The number of hydrogen-bond donors (Lipinski definition) is 3. The van der Waals surface area contributed by atoms with Crippen molar-refractivity contribution in [2.75, 3.05) is 24.1 Å². The Hall–Kier alpha value is -1.98. The van der Waals surface area contributed by atoms with Gasteiger partial charge in [0.15, 0.2) is 17.0 Å². The number of fused-ring (bicyclic) bond motifs is 1. The molecular formula is C10H16N8O2S. The van der Waals surface area contributed by atoms with Crippen molar-refractivity contribution in [2.24, 2.45) is 12.2 Å². The Bertz CT molecular complexity index is 786. The molecule has 3 heterocycles. The molecule has 0 aliphatic carbocycles. The van der Waals surface area contributed by atoms with E-state index >= 15 is 0 Å². The second-order valence-corrected chi connectivity index (χ2v) is 6.54. The quantitative estimate of drug-likeness (QED) is 0.634. The Morgan fingerprint density at radius 3 is 2.86 bits per heavy atom. The zero-order chi connectivity index (χ0) is 15.2. The van der Waals surface area contributed by atoms with E-state index in [4.69, 9.17) is 10.9 Å². The van der Waals surface area contributed by atoms with Gasteiger partial charge in [-0.15, -0.1) is 0 Å². The van der Waals surface area contributed by atoms with Crippen molar-refractivity contribution in [3.8, 4) is 0 Å². The molecule has 0 saturated carbocycles. The number of nitrogens with zero attached hydrogens (tertiary/aromatic N) is 5. The van der Waals surface area contributed by atoms with Crippen LogP contribution in [0.1, 0.15) is 6.42 Å². The molecule has 0 radical (unpaired) electrons. The van der Waals surface area contributed by atoms with Gasteiger partial charge in [-0.1, -0.05) is 0 Å². The van der Waals surface area contributed by atoms with Crippen molar-refractivity contribution in [3.63, 3.8) is 0 Å².